The minimum absolute atomic E-state index is 0. The monoisotopic (exact) mass is 590 g/mol. The number of ether oxygens (including phenoxy) is 6. The molecule has 0 aliphatic carbocycles. The summed E-state index contributed by atoms with van der Waals surface area (Å²) in [5.74, 6) is -1.17. The van der Waals surface area contributed by atoms with Crippen LogP contribution in [0.15, 0.2) is 0 Å². The first kappa shape index (κ1) is 31.0. The molecular weight excluding hydrogens is 562 g/mol. The van der Waals surface area contributed by atoms with Crippen molar-refractivity contribution in [1.29, 1.82) is 0 Å². The molecular formula is C17H28INaO13. The van der Waals surface area contributed by atoms with Crippen LogP contribution in [-0.4, -0.2) is 77.8 Å². The summed E-state index contributed by atoms with van der Waals surface area (Å²) in [6.45, 7) is 7.03. The van der Waals surface area contributed by atoms with Crippen LogP contribution in [0.3, 0.4) is 0 Å². The molecule has 3 unspecified atom stereocenters. The summed E-state index contributed by atoms with van der Waals surface area (Å²) >= 11 is -5.94. The molecule has 0 aromatic heterocycles. The smallest absolute Gasteiger partial charge is 0.394 e. The van der Waals surface area contributed by atoms with E-state index in [4.69, 9.17) is 47.3 Å². The van der Waals surface area contributed by atoms with Gasteiger partial charge in [0.1, 0.15) is 50.8 Å². The number of carbonyl (C=O) groups is 1. The second-order valence-electron chi connectivity index (χ2n) is 8.17. The summed E-state index contributed by atoms with van der Waals surface area (Å²) in [4.78, 5) is 10.4. The summed E-state index contributed by atoms with van der Waals surface area (Å²) in [6, 6.07) is 0. The van der Waals surface area contributed by atoms with E-state index in [2.05, 4.69) is 0 Å². The fourth-order valence-electron chi connectivity index (χ4n) is 3.52. The van der Waals surface area contributed by atoms with Crippen LogP contribution in [0.4, 0.5) is 0 Å². The number of carbonyl (C=O) groups excluding carboxylic acids is 1. The summed E-state index contributed by atoms with van der Waals surface area (Å²) in [7, 11) is 0. The minimum atomic E-state index is -5.94. The Labute approximate surface area is 213 Å². The molecule has 182 valence electrons. The van der Waals surface area contributed by atoms with Gasteiger partial charge in [0.2, 0.25) is 0 Å². The maximum absolute atomic E-state index is 10.4. The van der Waals surface area contributed by atoms with E-state index in [0.29, 0.717) is 12.8 Å². The van der Waals surface area contributed by atoms with Crippen LogP contribution >= 0.6 is 0 Å². The normalized spacial score (nSPS) is 37.1. The van der Waals surface area contributed by atoms with Crippen molar-refractivity contribution in [3.8, 4) is 0 Å². The van der Waals surface area contributed by atoms with E-state index < -0.39 is 44.1 Å². The summed E-state index contributed by atoms with van der Waals surface area (Å²) in [5, 5.41) is 18.1. The Bertz CT molecular complexity index is 563. The van der Waals surface area contributed by atoms with Gasteiger partial charge in [-0.1, -0.05) is 0 Å². The van der Waals surface area contributed by atoms with Gasteiger partial charge in [0, 0.05) is 12.8 Å². The molecule has 13 nitrogen and oxygen atoms in total. The molecule has 0 saturated carbocycles. The average Bonchev–Trinajstić information content (AvgIpc) is 3.28. The van der Waals surface area contributed by atoms with Gasteiger partial charge >= 0.3 is 29.6 Å². The Hall–Kier alpha value is 0.920. The number of fused-ring (bicyclic) bond motifs is 2. The van der Waals surface area contributed by atoms with Crippen molar-refractivity contribution in [2.24, 2.45) is 0 Å². The molecule has 0 aromatic rings. The van der Waals surface area contributed by atoms with Crippen molar-refractivity contribution in [2.45, 2.75) is 95.2 Å². The second-order valence-corrected chi connectivity index (χ2v) is 10.3. The van der Waals surface area contributed by atoms with Gasteiger partial charge < -0.3 is 43.4 Å². The SMILES string of the molecule is CC1(C)OC2O[C@H](C(O)CO)C[C@H]2O1.CC1(C)OC2O[C@H](C=O)C[C@H]2O1.[Na+].[O-][I+3]([O-])([O-])[O-]. The van der Waals surface area contributed by atoms with Crippen LogP contribution in [0.2, 0.25) is 0 Å². The predicted molar refractivity (Wildman–Crippen MR) is 85.8 cm³/mol. The number of hydrogen-bond donors (Lipinski definition) is 2. The molecule has 2 N–H and O–H groups in total. The topological polar surface area (TPSA) is 205 Å². The minimum Gasteiger partial charge on any atom is -0.394 e. The van der Waals surface area contributed by atoms with Gasteiger partial charge in [-0.3, -0.25) is 13.7 Å². The molecule has 0 amide bonds. The van der Waals surface area contributed by atoms with Crippen LogP contribution in [-0.2, 0) is 33.2 Å². The van der Waals surface area contributed by atoms with Crippen molar-refractivity contribution in [2.75, 3.05) is 6.61 Å². The number of aliphatic hydroxyl groups is 2. The first-order valence-corrected chi connectivity index (χ1v) is 13.0. The van der Waals surface area contributed by atoms with Crippen molar-refractivity contribution in [3.63, 3.8) is 0 Å². The van der Waals surface area contributed by atoms with Gasteiger partial charge in [0.25, 0.3) is 0 Å². The van der Waals surface area contributed by atoms with Gasteiger partial charge in [0.05, 0.1) is 12.7 Å². The zero-order valence-electron chi connectivity index (χ0n) is 18.5. The Balaban J connectivity index is 0.000000261. The molecule has 0 bridgehead atoms. The van der Waals surface area contributed by atoms with Crippen molar-refractivity contribution in [1.82, 2.24) is 0 Å². The average molecular weight is 590 g/mol. The van der Waals surface area contributed by atoms with Gasteiger partial charge in [0.15, 0.2) is 24.2 Å². The molecule has 7 atom stereocenters. The number of aliphatic hydroxyl groups excluding tert-OH is 2. The van der Waals surface area contributed by atoms with Crippen LogP contribution in [0.25, 0.3) is 0 Å². The quantitative estimate of drug-likeness (QED) is 0.178. The van der Waals surface area contributed by atoms with Gasteiger partial charge in [-0.05, 0) is 27.7 Å². The predicted octanol–water partition coefficient (Wildman–Crippen LogP) is -10.7. The van der Waals surface area contributed by atoms with E-state index in [-0.39, 0.29) is 66.9 Å². The molecule has 4 aliphatic heterocycles. The Kier molecular flexibility index (Phi) is 11.8. The zero-order valence-corrected chi connectivity index (χ0v) is 22.7. The largest absolute Gasteiger partial charge is 1.00 e. The van der Waals surface area contributed by atoms with Crippen LogP contribution in [0.5, 0.6) is 0 Å². The zero-order chi connectivity index (χ0) is 23.6. The van der Waals surface area contributed by atoms with E-state index in [0.717, 1.165) is 6.29 Å². The fourth-order valence-corrected chi connectivity index (χ4v) is 3.52. The summed E-state index contributed by atoms with van der Waals surface area (Å²) in [6.07, 6.45) is -0.582. The van der Waals surface area contributed by atoms with E-state index in [1.807, 2.05) is 27.7 Å². The first-order chi connectivity index (χ1) is 14.1. The van der Waals surface area contributed by atoms with Gasteiger partial charge in [-0.2, -0.15) is 0 Å². The van der Waals surface area contributed by atoms with E-state index in [1.165, 1.54) is 0 Å². The molecule has 4 heterocycles. The molecule has 4 saturated heterocycles. The summed E-state index contributed by atoms with van der Waals surface area (Å²) < 4.78 is 67.1. The van der Waals surface area contributed by atoms with E-state index in [1.54, 1.807) is 0 Å². The van der Waals surface area contributed by atoms with Gasteiger partial charge in [-0.15, -0.1) is 0 Å². The van der Waals surface area contributed by atoms with Crippen molar-refractivity contribution in [3.05, 3.63) is 0 Å². The van der Waals surface area contributed by atoms with Crippen LogP contribution in [0, 0.1) is 0 Å². The summed E-state index contributed by atoms with van der Waals surface area (Å²) in [5.41, 5.74) is 0. The Morgan fingerprint density at radius 1 is 0.938 bits per heavy atom. The number of rotatable bonds is 3. The molecule has 0 radical (unpaired) electrons. The fraction of sp³-hybridized carbons (Fsp3) is 0.941. The molecule has 4 aliphatic rings. The maximum atomic E-state index is 10.4. The third kappa shape index (κ3) is 9.88. The first-order valence-electron chi connectivity index (χ1n) is 9.50. The van der Waals surface area contributed by atoms with Crippen LogP contribution < -0.4 is 63.4 Å². The number of halogens is 1. The second kappa shape index (κ2) is 12.2. The molecule has 4 fully saturated rings. The van der Waals surface area contributed by atoms with Crippen molar-refractivity contribution >= 4 is 6.29 Å². The standard InChI is InChI=1S/C9H16O5.C8H12O4.IO4.Na/c1-9(2)13-7-3-6(5(11)4-10)12-8(7)14-9;1-8(2)11-6-3-5(4-9)10-7(6)12-8;2-1(3,4)5;/h5-8,10-11H,3-4H2,1-2H3;4-7H,3H2,1-2H3;;/q;;-1;+1/t5?,6-,7+,8?;5-,6+,7?;;/m00../s1. The Morgan fingerprint density at radius 2 is 1.38 bits per heavy atom. The van der Waals surface area contributed by atoms with E-state index in [9.17, 15) is 9.90 Å². The molecule has 32 heavy (non-hydrogen) atoms. The van der Waals surface area contributed by atoms with Crippen LogP contribution in [0.1, 0.15) is 40.5 Å². The van der Waals surface area contributed by atoms with Crippen molar-refractivity contribution < 1.29 is 107 Å². The van der Waals surface area contributed by atoms with E-state index >= 15 is 0 Å². The number of hydrogen-bond acceptors (Lipinski definition) is 13. The molecule has 4 rings (SSSR count). The third-order valence-corrected chi connectivity index (χ3v) is 4.59. The molecule has 15 heteroatoms. The Morgan fingerprint density at radius 3 is 1.75 bits per heavy atom. The maximum Gasteiger partial charge on any atom is 1.00 e. The molecule has 0 spiro atoms. The third-order valence-electron chi connectivity index (χ3n) is 4.59. The number of aldehydes is 1. The van der Waals surface area contributed by atoms with Gasteiger partial charge in [-0.25, -0.2) is 0 Å². The molecule has 0 aromatic carbocycles.